The van der Waals surface area contributed by atoms with E-state index in [4.69, 9.17) is 19.2 Å². The van der Waals surface area contributed by atoms with E-state index in [1.807, 2.05) is 0 Å². The van der Waals surface area contributed by atoms with Crippen LogP contribution in [0.2, 0.25) is 0 Å². The van der Waals surface area contributed by atoms with Crippen molar-refractivity contribution in [2.24, 2.45) is 0 Å². The van der Waals surface area contributed by atoms with E-state index in [9.17, 15) is 0 Å². The molecule has 0 heterocycles. The van der Waals surface area contributed by atoms with Crippen LogP contribution in [0.1, 0.15) is 2.85 Å². The van der Waals surface area contributed by atoms with Crippen LogP contribution in [-0.4, -0.2) is 17.4 Å². The van der Waals surface area contributed by atoms with Gasteiger partial charge in [0.25, 0.3) is 0 Å². The molecule has 6 heteroatoms. The van der Waals surface area contributed by atoms with Crippen LogP contribution in [0.3, 0.4) is 0 Å². The Kier molecular flexibility index (Phi) is 4.51. The zero-order valence-electron chi connectivity index (χ0n) is 4.66. The number of phosphoric acid groups is 1. The molecule has 32 valence electrons. The van der Waals surface area contributed by atoms with E-state index < -0.39 is 7.82 Å². The van der Waals surface area contributed by atoms with Crippen molar-refractivity contribution >= 4 is 25.2 Å². The Labute approximate surface area is 48.1 Å². The fraction of sp³-hybridized carbons (Fsp3) is 0. The number of hydrogen-bond donors (Lipinski definition) is 0. The van der Waals surface area contributed by atoms with Crippen LogP contribution in [-0.2, 0) is 4.57 Å². The van der Waals surface area contributed by atoms with Crippen molar-refractivity contribution < 1.29 is 22.1 Å². The normalized spacial score (nSPS) is 9.83. The molecule has 6 heavy (non-hydrogen) atoms. The van der Waals surface area contributed by atoms with Crippen LogP contribution < -0.4 is 14.7 Å². The standard InChI is InChI=1S/Al.H3O4P/c;1-5(2,3)4/h;(H3,1,2,3,4)/q+3;/p-1. The summed E-state index contributed by atoms with van der Waals surface area (Å²) in [6.45, 7) is 0. The summed E-state index contributed by atoms with van der Waals surface area (Å²) in [7, 11) is -5.39. The first-order chi connectivity index (χ1) is 2.00. The monoisotopic (exact) mass is 124 g/mol. The molecule has 0 N–H and O–H groups in total. The average molecular weight is 124 g/mol. The molecule has 0 saturated carbocycles. The Balaban J connectivity index is -0.0000000267. The van der Waals surface area contributed by atoms with E-state index in [1.165, 1.54) is 0 Å². The maximum Gasteiger partial charge on any atom is 3.00 e. The van der Waals surface area contributed by atoms with Gasteiger partial charge in [-0.25, -0.2) is 0 Å². The minimum absolute atomic E-state index is 0. The fourth-order valence-electron chi connectivity index (χ4n) is 0. The molecule has 0 aromatic carbocycles. The van der Waals surface area contributed by atoms with Gasteiger partial charge in [0, 0.05) is 0 Å². The second kappa shape index (κ2) is 2.76. The Morgan fingerprint density at radius 2 is 1.33 bits per heavy atom. The summed E-state index contributed by atoms with van der Waals surface area (Å²) in [6.07, 6.45) is 0. The first kappa shape index (κ1) is 9.81. The van der Waals surface area contributed by atoms with Gasteiger partial charge >= 0.3 is 20.2 Å². The van der Waals surface area contributed by atoms with Gasteiger partial charge in [-0.15, -0.1) is 0 Å². The van der Waals surface area contributed by atoms with Gasteiger partial charge < -0.3 is 19.2 Å². The van der Waals surface area contributed by atoms with E-state index >= 15 is 0 Å². The largest absolute Gasteiger partial charge is 3.00 e. The SMILES string of the molecule is O=P([O-])([O-])[O-].[Al+3].[H+].[H+]. The third-order valence-electron chi connectivity index (χ3n) is 0. The summed E-state index contributed by atoms with van der Waals surface area (Å²) in [5, 5.41) is 0. The summed E-state index contributed by atoms with van der Waals surface area (Å²) in [4.78, 5) is 25.6. The van der Waals surface area contributed by atoms with Crippen molar-refractivity contribution in [1.82, 2.24) is 0 Å². The summed E-state index contributed by atoms with van der Waals surface area (Å²) in [6, 6.07) is 0. The Morgan fingerprint density at radius 3 is 1.33 bits per heavy atom. The van der Waals surface area contributed by atoms with Crippen molar-refractivity contribution in [3.05, 3.63) is 0 Å². The summed E-state index contributed by atoms with van der Waals surface area (Å²) < 4.78 is 8.55. The molecule has 0 spiro atoms. The van der Waals surface area contributed by atoms with Crippen LogP contribution in [0.15, 0.2) is 0 Å². The third-order valence-corrected chi connectivity index (χ3v) is 0. The average Bonchev–Trinajstić information content (AvgIpc) is 0.722. The molecule has 0 aliphatic rings. The predicted molar refractivity (Wildman–Crippen MR) is 15.6 cm³/mol. The zero-order valence-corrected chi connectivity index (χ0v) is 4.71. The molecular formula is H2AlO4P+2. The minimum atomic E-state index is -5.39. The van der Waals surface area contributed by atoms with Crippen molar-refractivity contribution in [3.63, 3.8) is 0 Å². The Hall–Kier alpha value is 0.642. The Bertz CT molecular complexity index is 60.2. The van der Waals surface area contributed by atoms with Gasteiger partial charge in [-0.2, -0.15) is 7.82 Å². The second-order valence-electron chi connectivity index (χ2n) is 0.447. The molecule has 0 aliphatic carbocycles. The molecule has 0 atom stereocenters. The van der Waals surface area contributed by atoms with Gasteiger partial charge in [-0.1, -0.05) is 0 Å². The van der Waals surface area contributed by atoms with Gasteiger partial charge in [0.15, 0.2) is 0 Å². The van der Waals surface area contributed by atoms with Crippen molar-refractivity contribution in [1.29, 1.82) is 0 Å². The maximum atomic E-state index is 8.55. The van der Waals surface area contributed by atoms with Gasteiger partial charge in [0.05, 0.1) is 0 Å². The van der Waals surface area contributed by atoms with Crippen molar-refractivity contribution in [2.75, 3.05) is 0 Å². The van der Waals surface area contributed by atoms with Crippen molar-refractivity contribution in [2.45, 2.75) is 0 Å². The van der Waals surface area contributed by atoms with E-state index in [0.29, 0.717) is 0 Å². The molecule has 0 aromatic heterocycles. The van der Waals surface area contributed by atoms with E-state index in [1.54, 1.807) is 0 Å². The smallest absolute Gasteiger partial charge is 0.822 e. The fourth-order valence-corrected chi connectivity index (χ4v) is 0. The number of rotatable bonds is 0. The van der Waals surface area contributed by atoms with Crippen LogP contribution in [0.4, 0.5) is 0 Å². The van der Waals surface area contributed by atoms with Crippen LogP contribution in [0.25, 0.3) is 0 Å². The molecule has 0 amide bonds. The molecule has 0 rings (SSSR count). The molecule has 0 aromatic rings. The van der Waals surface area contributed by atoms with Crippen LogP contribution >= 0.6 is 7.82 Å². The van der Waals surface area contributed by atoms with Crippen molar-refractivity contribution in [3.8, 4) is 0 Å². The van der Waals surface area contributed by atoms with Crippen LogP contribution in [0, 0.1) is 0 Å². The summed E-state index contributed by atoms with van der Waals surface area (Å²) >= 11 is 0. The first-order valence-electron chi connectivity index (χ1n) is 0.730. The zero-order chi connectivity index (χ0) is 4.50. The van der Waals surface area contributed by atoms with E-state index in [-0.39, 0.29) is 20.2 Å². The summed E-state index contributed by atoms with van der Waals surface area (Å²) in [5.74, 6) is 0. The van der Waals surface area contributed by atoms with Crippen LogP contribution in [0.5, 0.6) is 0 Å². The quantitative estimate of drug-likeness (QED) is 0.254. The molecule has 0 unspecified atom stereocenters. The van der Waals surface area contributed by atoms with Gasteiger partial charge in [0.1, 0.15) is 0 Å². The maximum absolute atomic E-state index is 8.55. The molecule has 0 bridgehead atoms. The molecule has 4 nitrogen and oxygen atoms in total. The summed E-state index contributed by atoms with van der Waals surface area (Å²) in [5.41, 5.74) is 0. The molecule has 0 fully saturated rings. The Morgan fingerprint density at radius 1 is 1.33 bits per heavy atom. The van der Waals surface area contributed by atoms with Gasteiger partial charge in [-0.3, -0.25) is 0 Å². The minimum Gasteiger partial charge on any atom is -0.822 e. The first-order valence-corrected chi connectivity index (χ1v) is 2.19. The van der Waals surface area contributed by atoms with E-state index in [0.717, 1.165) is 0 Å². The molecular weight excluding hydrogens is 122 g/mol. The number of hydrogen-bond acceptors (Lipinski definition) is 4. The topological polar surface area (TPSA) is 86.2 Å². The third kappa shape index (κ3) is 149. The van der Waals surface area contributed by atoms with Gasteiger partial charge in [-0.05, 0) is 0 Å². The predicted octanol–water partition coefficient (Wildman–Crippen LogP) is -2.98. The molecule has 0 radical (unpaired) electrons. The second-order valence-corrected chi connectivity index (χ2v) is 1.34. The van der Waals surface area contributed by atoms with E-state index in [2.05, 4.69) is 0 Å². The molecule has 0 saturated heterocycles. The van der Waals surface area contributed by atoms with Gasteiger partial charge in [0.2, 0.25) is 0 Å². The molecule has 0 aliphatic heterocycles.